The molecule has 0 unspecified atom stereocenters. The Balaban J connectivity index is 1.53. The van der Waals surface area contributed by atoms with Crippen molar-refractivity contribution in [3.63, 3.8) is 0 Å². The first kappa shape index (κ1) is 37.0. The molecule has 1 aromatic heterocycles. The number of aromatic nitrogens is 3. The van der Waals surface area contributed by atoms with E-state index < -0.39 is 22.8 Å². The molecule has 1 aromatic rings. The molecule has 12 atom stereocenters. The van der Waals surface area contributed by atoms with Crippen molar-refractivity contribution in [1.29, 1.82) is 0 Å². The van der Waals surface area contributed by atoms with E-state index in [9.17, 15) is 9.90 Å². The maximum absolute atomic E-state index is 13.5. The summed E-state index contributed by atoms with van der Waals surface area (Å²) in [4.78, 5) is 18.1. The van der Waals surface area contributed by atoms with Crippen molar-refractivity contribution in [3.05, 3.63) is 21.1 Å². The largest absolute Gasteiger partial charge is 0.481 e. The minimum absolute atomic E-state index is 0.0830. The third-order valence-corrected chi connectivity index (χ3v) is 16.7. The molecular formula is C38H60Br2N4O4. The molecule has 10 heteroatoms. The molecule has 3 saturated carbocycles. The van der Waals surface area contributed by atoms with Gasteiger partial charge in [0.1, 0.15) is 0 Å². The molecule has 270 valence electrons. The lowest BCUT2D eigenvalue weighted by atomic mass is 9.34. The van der Waals surface area contributed by atoms with E-state index in [0.29, 0.717) is 47.0 Å². The minimum Gasteiger partial charge on any atom is -0.481 e. The molecule has 1 aliphatic heterocycles. The molecule has 4 aliphatic carbocycles. The van der Waals surface area contributed by atoms with Gasteiger partial charge in [-0.25, -0.2) is 4.68 Å². The van der Waals surface area contributed by atoms with Crippen LogP contribution < -0.4 is 5.73 Å². The fourth-order valence-corrected chi connectivity index (χ4v) is 13.1. The van der Waals surface area contributed by atoms with E-state index in [0.717, 1.165) is 38.5 Å². The summed E-state index contributed by atoms with van der Waals surface area (Å²) in [6, 6.07) is -0.0830. The number of allylic oxidation sites excluding steroid dienone is 1. The Morgan fingerprint density at radius 1 is 1.12 bits per heavy atom. The number of carbonyl (C=O) groups is 1. The monoisotopic (exact) mass is 794 g/mol. The van der Waals surface area contributed by atoms with E-state index in [-0.39, 0.29) is 45.6 Å². The smallest absolute Gasteiger partial charge is 0.307 e. The Morgan fingerprint density at radius 3 is 2.40 bits per heavy atom. The Labute approximate surface area is 305 Å². The number of fused-ring (bicyclic) bond motifs is 3. The van der Waals surface area contributed by atoms with Crippen molar-refractivity contribution < 1.29 is 19.4 Å². The van der Waals surface area contributed by atoms with Crippen LogP contribution in [0.4, 0.5) is 0 Å². The number of hydrogen-bond acceptors (Lipinski definition) is 6. The van der Waals surface area contributed by atoms with Gasteiger partial charge in [-0.1, -0.05) is 74.0 Å². The topological polar surface area (TPSA) is 112 Å². The van der Waals surface area contributed by atoms with Crippen molar-refractivity contribution >= 4 is 37.8 Å². The molecule has 0 spiro atoms. The molecule has 3 N–H and O–H groups in total. The van der Waals surface area contributed by atoms with E-state index in [1.165, 1.54) is 5.57 Å². The lowest BCUT2D eigenvalue weighted by molar-refractivity contribution is -0.254. The van der Waals surface area contributed by atoms with Gasteiger partial charge in [0.2, 0.25) is 4.73 Å². The summed E-state index contributed by atoms with van der Waals surface area (Å²) in [5, 5.41) is 16.0. The van der Waals surface area contributed by atoms with E-state index in [2.05, 4.69) is 112 Å². The number of carboxylic acids is 1. The fourth-order valence-electron chi connectivity index (χ4n) is 12.0. The third-order valence-electron chi connectivity index (χ3n) is 15.8. The number of nitrogens with zero attached hydrogens (tertiary/aromatic N) is 3. The zero-order chi connectivity index (χ0) is 35.4. The van der Waals surface area contributed by atoms with Gasteiger partial charge in [0.05, 0.1) is 37.9 Å². The van der Waals surface area contributed by atoms with Crippen LogP contribution in [0.2, 0.25) is 0 Å². The number of halogens is 2. The van der Waals surface area contributed by atoms with Crippen molar-refractivity contribution in [1.82, 2.24) is 14.8 Å². The van der Waals surface area contributed by atoms with Gasteiger partial charge in [0.15, 0.2) is 4.73 Å². The van der Waals surface area contributed by atoms with Gasteiger partial charge in [0, 0.05) is 11.0 Å². The predicted molar refractivity (Wildman–Crippen MR) is 195 cm³/mol. The van der Waals surface area contributed by atoms with E-state index in [1.807, 2.05) is 4.68 Å². The first-order valence-corrected chi connectivity index (χ1v) is 20.0. The maximum atomic E-state index is 13.5. The summed E-state index contributed by atoms with van der Waals surface area (Å²) < 4.78 is 17.2. The molecule has 6 rings (SSSR count). The molecule has 1 saturated heterocycles. The average molecular weight is 797 g/mol. The van der Waals surface area contributed by atoms with Gasteiger partial charge < -0.3 is 20.3 Å². The highest BCUT2D eigenvalue weighted by atomic mass is 79.9. The Morgan fingerprint density at radius 2 is 1.81 bits per heavy atom. The molecule has 8 nitrogen and oxygen atoms in total. The molecule has 4 fully saturated rings. The number of aliphatic carboxylic acids is 1. The second kappa shape index (κ2) is 12.1. The number of hydrogen-bond donors (Lipinski definition) is 2. The molecule has 0 aromatic carbocycles. The normalized spacial score (nSPS) is 44.3. The molecular weight excluding hydrogens is 736 g/mol. The molecule has 0 amide bonds. The van der Waals surface area contributed by atoms with Gasteiger partial charge in [-0.3, -0.25) is 4.79 Å². The zero-order valence-electron chi connectivity index (χ0n) is 30.9. The van der Waals surface area contributed by atoms with Crippen LogP contribution in [0.15, 0.2) is 21.1 Å². The number of nitrogens with two attached hydrogens (primary N) is 1. The van der Waals surface area contributed by atoms with E-state index >= 15 is 0 Å². The van der Waals surface area contributed by atoms with Gasteiger partial charge in [-0.05, 0) is 129 Å². The van der Waals surface area contributed by atoms with Crippen molar-refractivity contribution in [3.8, 4) is 0 Å². The molecule has 5 aliphatic rings. The van der Waals surface area contributed by atoms with Gasteiger partial charge in [-0.2, -0.15) is 4.98 Å². The van der Waals surface area contributed by atoms with E-state index in [1.54, 1.807) is 0 Å². The van der Waals surface area contributed by atoms with Gasteiger partial charge >= 0.3 is 5.97 Å². The zero-order valence-corrected chi connectivity index (χ0v) is 34.1. The Hall–Kier alpha value is -0.810. The number of carboxylic acid groups (broad SMARTS) is 1. The molecule has 2 heterocycles. The Bertz CT molecular complexity index is 1460. The predicted octanol–water partition coefficient (Wildman–Crippen LogP) is 8.69. The van der Waals surface area contributed by atoms with Crippen LogP contribution in [0.5, 0.6) is 0 Å². The minimum atomic E-state index is -0.632. The summed E-state index contributed by atoms with van der Waals surface area (Å²) >= 11 is 7.27. The van der Waals surface area contributed by atoms with Crippen LogP contribution in [0.3, 0.4) is 0 Å². The van der Waals surface area contributed by atoms with E-state index in [4.69, 9.17) is 20.3 Å². The van der Waals surface area contributed by atoms with Crippen LogP contribution in [0.25, 0.3) is 0 Å². The number of rotatable bonds is 8. The van der Waals surface area contributed by atoms with Crippen molar-refractivity contribution in [2.45, 2.75) is 125 Å². The lowest BCUT2D eigenvalue weighted by Gasteiger charge is -2.71. The highest BCUT2D eigenvalue weighted by molar-refractivity contribution is 9.11. The summed E-state index contributed by atoms with van der Waals surface area (Å²) in [5.74, 6) is 0.499. The summed E-state index contributed by atoms with van der Waals surface area (Å²) in [7, 11) is 0. The molecule has 0 radical (unpaired) electrons. The van der Waals surface area contributed by atoms with Gasteiger partial charge in [0.25, 0.3) is 0 Å². The summed E-state index contributed by atoms with van der Waals surface area (Å²) in [6.07, 6.45) is 7.94. The highest BCUT2D eigenvalue weighted by Crippen LogP contribution is 2.75. The van der Waals surface area contributed by atoms with Gasteiger partial charge in [-0.15, -0.1) is 5.10 Å². The van der Waals surface area contributed by atoms with Crippen molar-refractivity contribution in [2.24, 2.45) is 68.3 Å². The SMILES string of the molecule is CC(C)[C@@H](C)[C@@]1(C)CC[C@]2(C)[C@H]3CC[C@@H]4[C@@]5(C)COC[C@@]4(C3=CC[C@@]2(C)[C@@H]1C(=O)O)[C@@H](OC[C@](C)(N)C(C)C)[C@H](n1nc(Br)nc1Br)C5. The van der Waals surface area contributed by atoms with Crippen LogP contribution in [0.1, 0.15) is 114 Å². The number of ether oxygens (including phenoxy) is 2. The van der Waals surface area contributed by atoms with Crippen LogP contribution in [-0.4, -0.2) is 57.3 Å². The van der Waals surface area contributed by atoms with Crippen LogP contribution in [-0.2, 0) is 14.3 Å². The van der Waals surface area contributed by atoms with Crippen LogP contribution >= 0.6 is 31.9 Å². The van der Waals surface area contributed by atoms with Crippen molar-refractivity contribution in [2.75, 3.05) is 19.8 Å². The fraction of sp³-hybridized carbons (Fsp3) is 0.868. The third kappa shape index (κ3) is 5.13. The second-order valence-corrected chi connectivity index (χ2v) is 20.1. The molecule has 2 bridgehead atoms. The highest BCUT2D eigenvalue weighted by Gasteiger charge is 2.72. The first-order valence-electron chi connectivity index (χ1n) is 18.4. The second-order valence-electron chi connectivity index (χ2n) is 18.6. The Kier molecular flexibility index (Phi) is 9.34. The van der Waals surface area contributed by atoms with Crippen LogP contribution in [0, 0.1) is 62.6 Å². The maximum Gasteiger partial charge on any atom is 0.307 e. The molecule has 48 heavy (non-hydrogen) atoms. The summed E-state index contributed by atoms with van der Waals surface area (Å²) in [5.41, 5.74) is 6.52. The first-order chi connectivity index (χ1) is 22.2. The standard InChI is InChI=1S/C38H60Br2N4O4/c1-21(2)23(5)34(7)15-16-35(8)24-11-12-27-33(6)17-26(44-32(40)42-31(39)43-44)29(48-19-37(10,41)22(3)4)38(27,20-47-18-33)25(24)13-14-36(35,9)28(34)30(45)46/h13,21-24,26-29H,11-12,14-20,41H2,1-10H3,(H,45,46)/t23-,24+,26-,27-,28-,29+,33-,34-,35-,36+,37+,38+/m1/s1. The lowest BCUT2D eigenvalue weighted by Crippen LogP contribution is -2.70. The average Bonchev–Trinajstić information content (AvgIpc) is 3.33. The summed E-state index contributed by atoms with van der Waals surface area (Å²) in [6.45, 7) is 24.4. The quantitative estimate of drug-likeness (QED) is 0.253.